The molecule has 2 aromatic carbocycles. The Balaban J connectivity index is 1.82. The second kappa shape index (κ2) is 12.2. The molecule has 0 aliphatic carbocycles. The number of benzene rings is 2. The van der Waals surface area contributed by atoms with Gasteiger partial charge in [-0.1, -0.05) is 19.9 Å². The molecule has 1 N–H and O–H groups in total. The minimum Gasteiger partial charge on any atom is -0.507 e. The van der Waals surface area contributed by atoms with Gasteiger partial charge in [0.15, 0.2) is 23.0 Å². The summed E-state index contributed by atoms with van der Waals surface area (Å²) in [7, 11) is 0. The molecule has 9 nitrogen and oxygen atoms in total. The van der Waals surface area contributed by atoms with Gasteiger partial charge in [0.25, 0.3) is 11.7 Å². The van der Waals surface area contributed by atoms with Crippen LogP contribution < -0.4 is 18.9 Å². The maximum Gasteiger partial charge on any atom is 0.295 e. The summed E-state index contributed by atoms with van der Waals surface area (Å²) < 4.78 is 22.8. The molecule has 1 fully saturated rings. The molecular formula is C29H36N2O7. The molecule has 0 bridgehead atoms. The van der Waals surface area contributed by atoms with Crippen molar-refractivity contribution >= 4 is 17.4 Å². The molecule has 1 saturated heterocycles. The van der Waals surface area contributed by atoms with Gasteiger partial charge in [0.2, 0.25) is 0 Å². The fourth-order valence-corrected chi connectivity index (χ4v) is 4.83. The Kier molecular flexibility index (Phi) is 8.78. The van der Waals surface area contributed by atoms with Gasteiger partial charge in [-0.2, -0.15) is 0 Å². The van der Waals surface area contributed by atoms with Crippen LogP contribution in [0.3, 0.4) is 0 Å². The Morgan fingerprint density at radius 3 is 2.32 bits per heavy atom. The van der Waals surface area contributed by atoms with E-state index in [1.54, 1.807) is 30.3 Å². The zero-order valence-electron chi connectivity index (χ0n) is 22.5. The van der Waals surface area contributed by atoms with E-state index in [0.717, 1.165) is 13.1 Å². The topological polar surface area (TPSA) is 97.8 Å². The number of carbonyl (C=O) groups is 2. The first-order chi connectivity index (χ1) is 18.4. The number of carbonyl (C=O) groups excluding carboxylic acids is 2. The summed E-state index contributed by atoms with van der Waals surface area (Å²) in [5.74, 6) is 0.499. The minimum atomic E-state index is -0.798. The first-order valence-electron chi connectivity index (χ1n) is 13.2. The molecule has 204 valence electrons. The maximum absolute atomic E-state index is 13.4. The fraction of sp³-hybridized carbons (Fsp3) is 0.448. The van der Waals surface area contributed by atoms with Crippen LogP contribution in [0.4, 0.5) is 0 Å². The van der Waals surface area contributed by atoms with Gasteiger partial charge in [-0.25, -0.2) is 0 Å². The van der Waals surface area contributed by atoms with Gasteiger partial charge in [-0.05, 0) is 62.8 Å². The number of Topliss-reactive ketones (excluding diaryl/α,β-unsaturated/α-hetero) is 1. The first-order valence-corrected chi connectivity index (χ1v) is 13.2. The molecule has 0 saturated carbocycles. The van der Waals surface area contributed by atoms with E-state index >= 15 is 0 Å². The molecule has 2 heterocycles. The van der Waals surface area contributed by atoms with Crippen molar-refractivity contribution in [3.05, 3.63) is 53.1 Å². The summed E-state index contributed by atoms with van der Waals surface area (Å²) in [4.78, 5) is 30.5. The Morgan fingerprint density at radius 1 is 0.947 bits per heavy atom. The number of ketones is 1. The molecule has 2 aromatic rings. The summed E-state index contributed by atoms with van der Waals surface area (Å²) in [5.41, 5.74) is 1.05. The largest absolute Gasteiger partial charge is 0.507 e. The van der Waals surface area contributed by atoms with Crippen molar-refractivity contribution in [1.29, 1.82) is 0 Å². The van der Waals surface area contributed by atoms with E-state index in [4.69, 9.17) is 18.9 Å². The molecule has 0 radical (unpaired) electrons. The predicted octanol–water partition coefficient (Wildman–Crippen LogP) is 4.02. The van der Waals surface area contributed by atoms with E-state index in [1.165, 1.54) is 4.90 Å². The van der Waals surface area contributed by atoms with Gasteiger partial charge in [0.05, 0.1) is 24.8 Å². The van der Waals surface area contributed by atoms with E-state index in [-0.39, 0.29) is 11.3 Å². The Labute approximate surface area is 223 Å². The van der Waals surface area contributed by atoms with Gasteiger partial charge in [-0.3, -0.25) is 9.59 Å². The number of hydrogen-bond donors (Lipinski definition) is 1. The number of rotatable bonds is 11. The molecular weight excluding hydrogens is 488 g/mol. The van der Waals surface area contributed by atoms with E-state index in [9.17, 15) is 14.7 Å². The minimum absolute atomic E-state index is 0.0258. The van der Waals surface area contributed by atoms with Crippen LogP contribution in [-0.2, 0) is 9.59 Å². The standard InChI is InChI=1S/C29H36N2O7/c1-5-30(6-2)13-14-31-26(19-9-11-21(35-7-3)23(17-19)36-8-4)25(28(33)29(31)34)27(32)20-10-12-22-24(18-20)38-16-15-37-22/h9-12,17-18,26,32H,5-8,13-16H2,1-4H3/b27-25+/t26-/m0/s1. The molecule has 0 spiro atoms. The second-order valence-electron chi connectivity index (χ2n) is 8.95. The van der Waals surface area contributed by atoms with E-state index in [1.807, 2.05) is 19.9 Å². The number of likely N-dealkylation sites (N-methyl/N-ethyl adjacent to an activating group) is 1. The monoisotopic (exact) mass is 524 g/mol. The highest BCUT2D eigenvalue weighted by Crippen LogP contribution is 2.43. The van der Waals surface area contributed by atoms with Crippen LogP contribution in [0.5, 0.6) is 23.0 Å². The normalized spacial score (nSPS) is 18.2. The molecule has 9 heteroatoms. The van der Waals surface area contributed by atoms with Crippen molar-refractivity contribution in [2.24, 2.45) is 0 Å². The van der Waals surface area contributed by atoms with Crippen LogP contribution >= 0.6 is 0 Å². The lowest BCUT2D eigenvalue weighted by Gasteiger charge is -2.28. The van der Waals surface area contributed by atoms with Crippen LogP contribution in [0.2, 0.25) is 0 Å². The first kappa shape index (κ1) is 27.3. The van der Waals surface area contributed by atoms with Crippen LogP contribution in [0.15, 0.2) is 42.0 Å². The highest BCUT2D eigenvalue weighted by atomic mass is 16.6. The summed E-state index contributed by atoms with van der Waals surface area (Å²) in [6.45, 7) is 12.1. The third-order valence-electron chi connectivity index (χ3n) is 6.79. The highest BCUT2D eigenvalue weighted by Gasteiger charge is 2.46. The van der Waals surface area contributed by atoms with E-state index in [2.05, 4.69) is 18.7 Å². The Morgan fingerprint density at radius 2 is 1.63 bits per heavy atom. The zero-order valence-corrected chi connectivity index (χ0v) is 22.5. The number of likely N-dealkylation sites (tertiary alicyclic amines) is 1. The molecule has 1 amide bonds. The number of aliphatic hydroxyl groups is 1. The third-order valence-corrected chi connectivity index (χ3v) is 6.79. The van der Waals surface area contributed by atoms with Gasteiger partial charge in [-0.15, -0.1) is 0 Å². The lowest BCUT2D eigenvalue weighted by Crippen LogP contribution is -2.38. The molecule has 4 rings (SSSR count). The molecule has 38 heavy (non-hydrogen) atoms. The molecule has 2 aliphatic rings. The van der Waals surface area contributed by atoms with Gasteiger partial charge in [0, 0.05) is 18.7 Å². The number of fused-ring (bicyclic) bond motifs is 1. The average Bonchev–Trinajstić information content (AvgIpc) is 3.19. The van der Waals surface area contributed by atoms with Gasteiger partial charge >= 0.3 is 0 Å². The number of nitrogens with zero attached hydrogens (tertiary/aromatic N) is 2. The number of amides is 1. The summed E-state index contributed by atoms with van der Waals surface area (Å²) in [6.07, 6.45) is 0. The van der Waals surface area contributed by atoms with Crippen LogP contribution in [-0.4, -0.2) is 79.2 Å². The second-order valence-corrected chi connectivity index (χ2v) is 8.95. The molecule has 0 aromatic heterocycles. The smallest absolute Gasteiger partial charge is 0.295 e. The summed E-state index contributed by atoms with van der Waals surface area (Å²) in [6, 6.07) is 9.56. The Hall–Kier alpha value is -3.72. The van der Waals surface area contributed by atoms with Crippen LogP contribution in [0.25, 0.3) is 5.76 Å². The van der Waals surface area contributed by atoms with Crippen LogP contribution in [0, 0.1) is 0 Å². The molecule has 2 aliphatic heterocycles. The predicted molar refractivity (Wildman–Crippen MR) is 143 cm³/mol. The Bertz CT molecular complexity index is 1210. The molecule has 1 atom stereocenters. The zero-order chi connectivity index (χ0) is 27.2. The fourth-order valence-electron chi connectivity index (χ4n) is 4.83. The lowest BCUT2D eigenvalue weighted by molar-refractivity contribution is -0.140. The summed E-state index contributed by atoms with van der Waals surface area (Å²) in [5, 5.41) is 11.5. The van der Waals surface area contributed by atoms with Crippen molar-refractivity contribution in [2.45, 2.75) is 33.7 Å². The van der Waals surface area contributed by atoms with Crippen molar-refractivity contribution in [3.8, 4) is 23.0 Å². The van der Waals surface area contributed by atoms with E-state index < -0.39 is 17.7 Å². The van der Waals surface area contributed by atoms with Crippen molar-refractivity contribution < 1.29 is 33.6 Å². The van der Waals surface area contributed by atoms with Crippen LogP contribution in [0.1, 0.15) is 44.9 Å². The number of aliphatic hydroxyl groups excluding tert-OH is 1. The quantitative estimate of drug-likeness (QED) is 0.268. The van der Waals surface area contributed by atoms with Gasteiger partial charge in [0.1, 0.15) is 19.0 Å². The summed E-state index contributed by atoms with van der Waals surface area (Å²) >= 11 is 0. The lowest BCUT2D eigenvalue weighted by atomic mass is 9.94. The van der Waals surface area contributed by atoms with Crippen molar-refractivity contribution in [2.75, 3.05) is 52.6 Å². The number of hydrogen-bond acceptors (Lipinski definition) is 8. The van der Waals surface area contributed by atoms with E-state index in [0.29, 0.717) is 73.6 Å². The van der Waals surface area contributed by atoms with Crippen molar-refractivity contribution in [1.82, 2.24) is 9.80 Å². The van der Waals surface area contributed by atoms with Gasteiger partial charge < -0.3 is 33.9 Å². The maximum atomic E-state index is 13.4. The third kappa shape index (κ3) is 5.43. The SMILES string of the molecule is CCOc1ccc([C@H]2/C(=C(\O)c3ccc4c(c3)OCCO4)C(=O)C(=O)N2CCN(CC)CC)cc1OCC. The average molecular weight is 525 g/mol. The van der Waals surface area contributed by atoms with Crippen molar-refractivity contribution in [3.63, 3.8) is 0 Å². The molecule has 0 unspecified atom stereocenters. The number of ether oxygens (including phenoxy) is 4. The highest BCUT2D eigenvalue weighted by molar-refractivity contribution is 6.46.